The topological polar surface area (TPSA) is 55.0 Å². The number of hydrogen-bond acceptors (Lipinski definition) is 4. The van der Waals surface area contributed by atoms with E-state index >= 15 is 0 Å². The lowest BCUT2D eigenvalue weighted by molar-refractivity contribution is 0.718. The highest BCUT2D eigenvalue weighted by atomic mass is 15.2. The predicted octanol–water partition coefficient (Wildman–Crippen LogP) is 1.46. The number of hydrogen-bond donors (Lipinski definition) is 1. The van der Waals surface area contributed by atoms with Crippen molar-refractivity contribution >= 4 is 11.8 Å². The molecule has 0 bridgehead atoms. The molecule has 2 N–H and O–H groups in total. The molecule has 4 heteroatoms. The van der Waals surface area contributed by atoms with Gasteiger partial charge in [-0.2, -0.15) is 4.98 Å². The molecule has 2 atom stereocenters. The molecule has 1 saturated carbocycles. The summed E-state index contributed by atoms with van der Waals surface area (Å²) in [5.41, 5.74) is 6.55. The van der Waals surface area contributed by atoms with Crippen LogP contribution < -0.4 is 10.6 Å². The maximum atomic E-state index is 5.62. The molecule has 0 saturated heterocycles. The minimum Gasteiger partial charge on any atom is -0.368 e. The standard InChI is InChI=1S/C11H18N4/c1-7-4-9(7)6-15(3)10-5-8(2)13-11(12)14-10/h5,7,9H,4,6H2,1-3H3,(H2,12,13,14). The van der Waals surface area contributed by atoms with E-state index in [2.05, 4.69) is 28.8 Å². The third-order valence-corrected chi connectivity index (χ3v) is 3.03. The van der Waals surface area contributed by atoms with Crippen LogP contribution in [0.5, 0.6) is 0 Å². The summed E-state index contributed by atoms with van der Waals surface area (Å²) in [6.07, 6.45) is 1.34. The Kier molecular flexibility index (Phi) is 2.50. The first-order valence-electron chi connectivity index (χ1n) is 5.38. The zero-order valence-electron chi connectivity index (χ0n) is 9.57. The highest BCUT2D eigenvalue weighted by Crippen LogP contribution is 2.38. The monoisotopic (exact) mass is 206 g/mol. The summed E-state index contributed by atoms with van der Waals surface area (Å²) in [4.78, 5) is 10.5. The van der Waals surface area contributed by atoms with Crippen molar-refractivity contribution in [3.63, 3.8) is 0 Å². The number of aromatic nitrogens is 2. The Labute approximate surface area is 90.5 Å². The van der Waals surface area contributed by atoms with Crippen molar-refractivity contribution in [3.05, 3.63) is 11.8 Å². The first kappa shape index (κ1) is 10.2. The van der Waals surface area contributed by atoms with Gasteiger partial charge in [0.25, 0.3) is 0 Å². The number of nitrogen functional groups attached to an aromatic ring is 1. The Hall–Kier alpha value is -1.32. The van der Waals surface area contributed by atoms with Crippen LogP contribution in [0.3, 0.4) is 0 Å². The number of anilines is 2. The maximum absolute atomic E-state index is 5.62. The molecular weight excluding hydrogens is 188 g/mol. The van der Waals surface area contributed by atoms with Crippen LogP contribution in [0.1, 0.15) is 19.0 Å². The molecule has 1 aliphatic carbocycles. The van der Waals surface area contributed by atoms with Crippen LogP contribution in [-0.4, -0.2) is 23.6 Å². The predicted molar refractivity (Wildman–Crippen MR) is 61.7 cm³/mol. The van der Waals surface area contributed by atoms with Crippen molar-refractivity contribution < 1.29 is 0 Å². The molecule has 1 aliphatic rings. The zero-order valence-corrected chi connectivity index (χ0v) is 9.57. The Bertz CT molecular complexity index is 343. The molecule has 0 amide bonds. The van der Waals surface area contributed by atoms with Gasteiger partial charge >= 0.3 is 0 Å². The molecule has 0 radical (unpaired) electrons. The molecule has 0 aromatic carbocycles. The fourth-order valence-corrected chi connectivity index (χ4v) is 1.87. The first-order valence-corrected chi connectivity index (χ1v) is 5.38. The Morgan fingerprint density at radius 3 is 2.73 bits per heavy atom. The molecule has 1 fully saturated rings. The molecule has 1 aromatic rings. The van der Waals surface area contributed by atoms with E-state index in [0.717, 1.165) is 29.9 Å². The molecule has 1 heterocycles. The highest BCUT2D eigenvalue weighted by molar-refractivity contribution is 5.42. The van der Waals surface area contributed by atoms with E-state index < -0.39 is 0 Å². The summed E-state index contributed by atoms with van der Waals surface area (Å²) in [6.45, 7) is 5.30. The number of nitrogens with two attached hydrogens (primary N) is 1. The van der Waals surface area contributed by atoms with Crippen molar-refractivity contribution in [1.82, 2.24) is 9.97 Å². The highest BCUT2D eigenvalue weighted by Gasteiger charge is 2.33. The summed E-state index contributed by atoms with van der Waals surface area (Å²) in [6, 6.07) is 1.98. The van der Waals surface area contributed by atoms with Crippen LogP contribution >= 0.6 is 0 Å². The molecule has 4 nitrogen and oxygen atoms in total. The van der Waals surface area contributed by atoms with Gasteiger partial charge in [-0.3, -0.25) is 0 Å². The van der Waals surface area contributed by atoms with Crippen LogP contribution in [0, 0.1) is 18.8 Å². The van der Waals surface area contributed by atoms with Crippen molar-refractivity contribution in [3.8, 4) is 0 Å². The van der Waals surface area contributed by atoms with Crippen LogP contribution in [0.2, 0.25) is 0 Å². The van der Waals surface area contributed by atoms with Crippen LogP contribution in [0.15, 0.2) is 6.07 Å². The van der Waals surface area contributed by atoms with E-state index in [9.17, 15) is 0 Å². The summed E-state index contributed by atoms with van der Waals surface area (Å²) >= 11 is 0. The van der Waals surface area contributed by atoms with Gasteiger partial charge in [0.2, 0.25) is 5.95 Å². The van der Waals surface area contributed by atoms with Gasteiger partial charge in [-0.1, -0.05) is 6.92 Å². The van der Waals surface area contributed by atoms with E-state index in [-0.39, 0.29) is 0 Å². The van der Waals surface area contributed by atoms with Gasteiger partial charge in [0.1, 0.15) is 5.82 Å². The minimum absolute atomic E-state index is 0.362. The number of aryl methyl sites for hydroxylation is 1. The van der Waals surface area contributed by atoms with Crippen molar-refractivity contribution in [2.45, 2.75) is 20.3 Å². The fourth-order valence-electron chi connectivity index (χ4n) is 1.87. The minimum atomic E-state index is 0.362. The van der Waals surface area contributed by atoms with E-state index in [0.29, 0.717) is 5.95 Å². The summed E-state index contributed by atoms with van der Waals surface area (Å²) in [5.74, 6) is 2.99. The fraction of sp³-hybridized carbons (Fsp3) is 0.636. The summed E-state index contributed by atoms with van der Waals surface area (Å²) < 4.78 is 0. The van der Waals surface area contributed by atoms with E-state index in [1.807, 2.05) is 13.0 Å². The lowest BCUT2D eigenvalue weighted by atomic mass is 10.3. The van der Waals surface area contributed by atoms with Crippen LogP contribution in [-0.2, 0) is 0 Å². The Morgan fingerprint density at radius 1 is 1.53 bits per heavy atom. The quantitative estimate of drug-likeness (QED) is 0.813. The zero-order chi connectivity index (χ0) is 11.0. The first-order chi connectivity index (χ1) is 7.06. The Balaban J connectivity index is 2.07. The van der Waals surface area contributed by atoms with Gasteiger partial charge < -0.3 is 10.6 Å². The largest absolute Gasteiger partial charge is 0.368 e. The van der Waals surface area contributed by atoms with Gasteiger partial charge in [0.05, 0.1) is 0 Å². The van der Waals surface area contributed by atoms with Crippen molar-refractivity contribution in [2.24, 2.45) is 11.8 Å². The van der Waals surface area contributed by atoms with Gasteiger partial charge in [-0.25, -0.2) is 4.98 Å². The smallest absolute Gasteiger partial charge is 0.222 e. The molecule has 15 heavy (non-hydrogen) atoms. The van der Waals surface area contributed by atoms with Crippen molar-refractivity contribution in [2.75, 3.05) is 24.2 Å². The second-order valence-corrected chi connectivity index (χ2v) is 4.58. The lowest BCUT2D eigenvalue weighted by Crippen LogP contribution is -2.22. The second-order valence-electron chi connectivity index (χ2n) is 4.58. The third kappa shape index (κ3) is 2.37. The molecule has 1 aromatic heterocycles. The van der Waals surface area contributed by atoms with Gasteiger partial charge in [-0.05, 0) is 25.2 Å². The van der Waals surface area contributed by atoms with Gasteiger partial charge in [-0.15, -0.1) is 0 Å². The average molecular weight is 206 g/mol. The maximum Gasteiger partial charge on any atom is 0.222 e. The van der Waals surface area contributed by atoms with E-state index in [1.54, 1.807) is 0 Å². The van der Waals surface area contributed by atoms with Gasteiger partial charge in [0.15, 0.2) is 0 Å². The van der Waals surface area contributed by atoms with E-state index in [1.165, 1.54) is 6.42 Å². The second kappa shape index (κ2) is 3.68. The third-order valence-electron chi connectivity index (χ3n) is 3.03. The molecule has 2 rings (SSSR count). The summed E-state index contributed by atoms with van der Waals surface area (Å²) in [5, 5.41) is 0. The SMILES string of the molecule is Cc1cc(N(C)CC2CC2C)nc(N)n1. The number of nitrogens with zero attached hydrogens (tertiary/aromatic N) is 3. The van der Waals surface area contributed by atoms with Crippen LogP contribution in [0.25, 0.3) is 0 Å². The van der Waals surface area contributed by atoms with Gasteiger partial charge in [0, 0.05) is 25.4 Å². The average Bonchev–Trinajstić information content (AvgIpc) is 2.79. The number of rotatable bonds is 3. The lowest BCUT2D eigenvalue weighted by Gasteiger charge is -2.18. The normalized spacial score (nSPS) is 23.9. The molecule has 2 unspecified atom stereocenters. The summed E-state index contributed by atoms with van der Waals surface area (Å²) in [7, 11) is 2.06. The molecule has 0 aliphatic heterocycles. The van der Waals surface area contributed by atoms with Crippen molar-refractivity contribution in [1.29, 1.82) is 0 Å². The Morgan fingerprint density at radius 2 is 2.20 bits per heavy atom. The molecule has 82 valence electrons. The molecular formula is C11H18N4. The molecule has 0 spiro atoms. The van der Waals surface area contributed by atoms with Crippen LogP contribution in [0.4, 0.5) is 11.8 Å². The van der Waals surface area contributed by atoms with E-state index in [4.69, 9.17) is 5.73 Å².